The first-order chi connectivity index (χ1) is 13.2. The summed E-state index contributed by atoms with van der Waals surface area (Å²) in [5.41, 5.74) is 2.29. The summed E-state index contributed by atoms with van der Waals surface area (Å²) in [6.45, 7) is 2.96. The zero-order valence-corrected chi connectivity index (χ0v) is 16.1. The summed E-state index contributed by atoms with van der Waals surface area (Å²) in [6.07, 6.45) is 4.60. The Morgan fingerprint density at radius 1 is 1.41 bits per heavy atom. The minimum atomic E-state index is -0.118. The Labute approximate surface area is 161 Å². The van der Waals surface area contributed by atoms with Crippen LogP contribution in [-0.2, 0) is 13.6 Å². The molecule has 4 heterocycles. The lowest BCUT2D eigenvalue weighted by atomic mass is 9.95. The van der Waals surface area contributed by atoms with E-state index in [-0.39, 0.29) is 19.1 Å². The van der Waals surface area contributed by atoms with Crippen molar-refractivity contribution >= 4 is 27.5 Å². The van der Waals surface area contributed by atoms with Crippen LogP contribution >= 0.6 is 11.3 Å². The Balaban J connectivity index is 1.60. The fourth-order valence-electron chi connectivity index (χ4n) is 3.77. The molecule has 0 spiro atoms. The van der Waals surface area contributed by atoms with Gasteiger partial charge >= 0.3 is 0 Å². The zero-order chi connectivity index (χ0) is 18.8. The molecule has 1 saturated heterocycles. The van der Waals surface area contributed by atoms with Crippen LogP contribution in [0.25, 0.3) is 10.2 Å². The first kappa shape index (κ1) is 18.1. The molecule has 0 aliphatic carbocycles. The number of carbonyl (C=O) groups excluding carboxylic acids is 1. The molecule has 0 radical (unpaired) electrons. The van der Waals surface area contributed by atoms with Crippen LogP contribution in [0.1, 0.15) is 33.3 Å². The van der Waals surface area contributed by atoms with Crippen molar-refractivity contribution in [3.05, 3.63) is 46.7 Å². The van der Waals surface area contributed by atoms with E-state index in [1.54, 1.807) is 6.20 Å². The fourth-order valence-corrected chi connectivity index (χ4v) is 4.92. The molecule has 1 fully saturated rings. The highest BCUT2D eigenvalue weighted by molar-refractivity contribution is 7.20. The maximum Gasteiger partial charge on any atom is 0.261 e. The number of aromatic nitrogens is 3. The molecular formula is C19H23N5O2S. The first-order valence-corrected chi connectivity index (χ1v) is 9.94. The summed E-state index contributed by atoms with van der Waals surface area (Å²) in [5, 5.41) is 17.1. The van der Waals surface area contributed by atoms with Crippen LogP contribution in [0.2, 0.25) is 0 Å². The van der Waals surface area contributed by atoms with E-state index in [0.29, 0.717) is 5.92 Å². The molecule has 0 aromatic carbocycles. The molecule has 8 heteroatoms. The Morgan fingerprint density at radius 3 is 3.07 bits per heavy atom. The summed E-state index contributed by atoms with van der Waals surface area (Å²) in [7, 11) is 1.96. The Hall–Kier alpha value is -2.29. The number of aliphatic hydroxyl groups is 1. The number of thiophene rings is 1. The van der Waals surface area contributed by atoms with Gasteiger partial charge in [0.25, 0.3) is 5.91 Å². The molecule has 1 atom stereocenters. The first-order valence-electron chi connectivity index (χ1n) is 9.13. The lowest BCUT2D eigenvalue weighted by Gasteiger charge is -2.17. The van der Waals surface area contributed by atoms with Gasteiger partial charge in [0.1, 0.15) is 4.83 Å². The summed E-state index contributed by atoms with van der Waals surface area (Å²) in [4.78, 5) is 21.2. The molecule has 1 aliphatic heterocycles. The largest absolute Gasteiger partial charge is 0.395 e. The van der Waals surface area contributed by atoms with Gasteiger partial charge in [0.2, 0.25) is 0 Å². The Morgan fingerprint density at radius 2 is 2.30 bits per heavy atom. The van der Waals surface area contributed by atoms with Gasteiger partial charge in [-0.1, -0.05) is 6.07 Å². The van der Waals surface area contributed by atoms with Gasteiger partial charge in [0.05, 0.1) is 17.2 Å². The second-order valence-electron chi connectivity index (χ2n) is 6.85. The number of hydrogen-bond acceptors (Lipinski definition) is 6. The second-order valence-corrected chi connectivity index (χ2v) is 7.85. The highest BCUT2D eigenvalue weighted by Crippen LogP contribution is 2.39. The smallest absolute Gasteiger partial charge is 0.261 e. The number of nitrogens with zero attached hydrogens (tertiary/aromatic N) is 4. The topological polar surface area (TPSA) is 83.3 Å². The number of likely N-dealkylation sites (tertiary alicyclic amines) is 1. The fraction of sp³-hybridized carbons (Fsp3) is 0.421. The molecular weight excluding hydrogens is 362 g/mol. The molecule has 4 rings (SSSR count). The van der Waals surface area contributed by atoms with Gasteiger partial charge in [-0.25, -0.2) is 4.98 Å². The van der Waals surface area contributed by atoms with Crippen molar-refractivity contribution < 1.29 is 9.90 Å². The Bertz CT molecular complexity index is 951. The number of carbonyl (C=O) groups is 1. The number of rotatable bonds is 6. The van der Waals surface area contributed by atoms with Crippen LogP contribution < -0.4 is 5.32 Å². The Kier molecular flexibility index (Phi) is 5.20. The number of nitrogens with one attached hydrogen (secondary N) is 1. The van der Waals surface area contributed by atoms with Gasteiger partial charge in [-0.2, -0.15) is 5.10 Å². The van der Waals surface area contributed by atoms with Crippen LogP contribution in [0, 0.1) is 0 Å². The van der Waals surface area contributed by atoms with E-state index in [4.69, 9.17) is 5.11 Å². The molecule has 27 heavy (non-hydrogen) atoms. The quantitative estimate of drug-likeness (QED) is 0.675. The molecule has 142 valence electrons. The van der Waals surface area contributed by atoms with Gasteiger partial charge in [-0.05, 0) is 30.7 Å². The molecule has 2 N–H and O–H groups in total. The summed E-state index contributed by atoms with van der Waals surface area (Å²) in [5.74, 6) is 0.179. The average Bonchev–Trinajstić information content (AvgIpc) is 3.38. The van der Waals surface area contributed by atoms with E-state index in [9.17, 15) is 4.79 Å². The van der Waals surface area contributed by atoms with Crippen LogP contribution in [0.15, 0.2) is 30.6 Å². The minimum Gasteiger partial charge on any atom is -0.395 e. The second kappa shape index (κ2) is 7.75. The van der Waals surface area contributed by atoms with Gasteiger partial charge in [0, 0.05) is 50.4 Å². The monoisotopic (exact) mass is 385 g/mol. The van der Waals surface area contributed by atoms with E-state index in [1.165, 1.54) is 17.0 Å². The third-order valence-electron chi connectivity index (χ3n) is 5.10. The van der Waals surface area contributed by atoms with Crippen molar-refractivity contribution in [3.63, 3.8) is 0 Å². The molecule has 7 nitrogen and oxygen atoms in total. The van der Waals surface area contributed by atoms with Crippen molar-refractivity contribution in [2.75, 3.05) is 26.2 Å². The SMILES string of the molecule is Cn1nccc1CN1CC[C@@H](c2c(C(=O)NCCO)sc3ncccc23)C1. The van der Waals surface area contributed by atoms with Gasteiger partial charge < -0.3 is 10.4 Å². The molecule has 0 unspecified atom stereocenters. The van der Waals surface area contributed by atoms with Crippen molar-refractivity contribution in [2.45, 2.75) is 18.9 Å². The summed E-state index contributed by atoms with van der Waals surface area (Å²) >= 11 is 1.44. The maximum absolute atomic E-state index is 12.7. The number of hydrogen-bond donors (Lipinski definition) is 2. The standard InChI is InChI=1S/C19H23N5O2S/c1-23-14(4-7-22-23)12-24-9-5-13(11-24)16-15-3-2-6-21-19(15)27-17(16)18(26)20-8-10-25/h2-4,6-7,13,25H,5,8-12H2,1H3,(H,20,26)/t13-/m1/s1. The molecule has 1 aliphatic rings. The lowest BCUT2D eigenvalue weighted by molar-refractivity contribution is 0.0947. The van der Waals surface area contributed by atoms with E-state index < -0.39 is 0 Å². The van der Waals surface area contributed by atoms with E-state index >= 15 is 0 Å². The predicted octanol–water partition coefficient (Wildman–Crippen LogP) is 1.74. The number of aliphatic hydroxyl groups excluding tert-OH is 1. The van der Waals surface area contributed by atoms with Crippen LogP contribution in [0.4, 0.5) is 0 Å². The van der Waals surface area contributed by atoms with Gasteiger partial charge in [0.15, 0.2) is 0 Å². The number of pyridine rings is 1. The molecule has 3 aromatic rings. The highest BCUT2D eigenvalue weighted by Gasteiger charge is 2.31. The van der Waals surface area contributed by atoms with E-state index in [1.807, 2.05) is 30.1 Å². The van der Waals surface area contributed by atoms with Crippen LogP contribution in [-0.4, -0.2) is 56.9 Å². The van der Waals surface area contributed by atoms with Gasteiger partial charge in [-0.15, -0.1) is 11.3 Å². The van der Waals surface area contributed by atoms with Crippen LogP contribution in [0.3, 0.4) is 0 Å². The molecule has 0 saturated carbocycles. The van der Waals surface area contributed by atoms with E-state index in [0.717, 1.165) is 46.7 Å². The van der Waals surface area contributed by atoms with E-state index in [2.05, 4.69) is 26.4 Å². The molecule has 0 bridgehead atoms. The third kappa shape index (κ3) is 3.60. The highest BCUT2D eigenvalue weighted by atomic mass is 32.1. The summed E-state index contributed by atoms with van der Waals surface area (Å²) in [6, 6.07) is 6.03. The van der Waals surface area contributed by atoms with Crippen molar-refractivity contribution in [2.24, 2.45) is 7.05 Å². The van der Waals surface area contributed by atoms with Crippen molar-refractivity contribution in [1.82, 2.24) is 25.0 Å². The van der Waals surface area contributed by atoms with Gasteiger partial charge in [-0.3, -0.25) is 14.4 Å². The van der Waals surface area contributed by atoms with Crippen molar-refractivity contribution in [1.29, 1.82) is 0 Å². The molecule has 1 amide bonds. The average molecular weight is 385 g/mol. The minimum absolute atomic E-state index is 0.0634. The van der Waals surface area contributed by atoms with Crippen LogP contribution in [0.5, 0.6) is 0 Å². The van der Waals surface area contributed by atoms with Crippen molar-refractivity contribution in [3.8, 4) is 0 Å². The molecule has 3 aromatic heterocycles. The number of fused-ring (bicyclic) bond motifs is 1. The summed E-state index contributed by atoms with van der Waals surface area (Å²) < 4.78 is 1.91. The maximum atomic E-state index is 12.7. The number of amides is 1. The number of aryl methyl sites for hydroxylation is 1. The predicted molar refractivity (Wildman–Crippen MR) is 105 cm³/mol. The zero-order valence-electron chi connectivity index (χ0n) is 15.3. The lowest BCUT2D eigenvalue weighted by Crippen LogP contribution is -2.27. The third-order valence-corrected chi connectivity index (χ3v) is 6.23. The normalized spacial score (nSPS) is 17.6.